The third-order valence-electron chi connectivity index (χ3n) is 2.79. The molecular formula is C13H19F3N2O2. The highest BCUT2D eigenvalue weighted by Gasteiger charge is 2.30. The van der Waals surface area contributed by atoms with Crippen LogP contribution in [0.5, 0.6) is 5.75 Å². The van der Waals surface area contributed by atoms with E-state index >= 15 is 0 Å². The van der Waals surface area contributed by atoms with Crippen molar-refractivity contribution in [3.05, 3.63) is 29.3 Å². The van der Waals surface area contributed by atoms with E-state index in [2.05, 4.69) is 0 Å². The maximum atomic E-state index is 12.5. The first-order valence-corrected chi connectivity index (χ1v) is 6.15. The Morgan fingerprint density at radius 1 is 1.35 bits per heavy atom. The lowest BCUT2D eigenvalue weighted by atomic mass is 10.1. The van der Waals surface area contributed by atoms with E-state index in [9.17, 15) is 13.2 Å². The van der Waals surface area contributed by atoms with Crippen LogP contribution in [0.25, 0.3) is 0 Å². The van der Waals surface area contributed by atoms with E-state index in [-0.39, 0.29) is 19.7 Å². The number of hydrogen-bond acceptors (Lipinski definition) is 4. The molecule has 0 saturated carbocycles. The number of rotatable bonds is 7. The Balaban J connectivity index is 2.91. The molecule has 0 spiro atoms. The van der Waals surface area contributed by atoms with Gasteiger partial charge in [-0.05, 0) is 17.7 Å². The fraction of sp³-hybridized carbons (Fsp3) is 0.538. The van der Waals surface area contributed by atoms with Crippen LogP contribution < -0.4 is 10.5 Å². The number of nitrogens with two attached hydrogens (primary N) is 1. The average molecular weight is 292 g/mol. The molecule has 1 aromatic carbocycles. The Bertz CT molecular complexity index is 425. The van der Waals surface area contributed by atoms with Crippen molar-refractivity contribution in [1.82, 2.24) is 4.90 Å². The molecule has 0 aromatic heterocycles. The highest BCUT2D eigenvalue weighted by Crippen LogP contribution is 2.24. The van der Waals surface area contributed by atoms with Gasteiger partial charge in [-0.1, -0.05) is 6.07 Å². The molecule has 0 radical (unpaired) electrons. The number of benzene rings is 1. The molecule has 0 atom stereocenters. The van der Waals surface area contributed by atoms with Gasteiger partial charge < -0.3 is 15.6 Å². The van der Waals surface area contributed by atoms with Gasteiger partial charge in [0.2, 0.25) is 0 Å². The van der Waals surface area contributed by atoms with Gasteiger partial charge in [-0.2, -0.15) is 13.2 Å². The maximum Gasteiger partial charge on any atom is 0.401 e. The Labute approximate surface area is 115 Å². The van der Waals surface area contributed by atoms with Crippen molar-refractivity contribution in [2.24, 2.45) is 5.73 Å². The minimum atomic E-state index is -4.31. The summed E-state index contributed by atoms with van der Waals surface area (Å²) in [5, 5.41) is 8.88. The van der Waals surface area contributed by atoms with Gasteiger partial charge in [0.1, 0.15) is 5.75 Å². The summed E-state index contributed by atoms with van der Waals surface area (Å²) in [7, 11) is 1.46. The molecule has 0 aliphatic heterocycles. The van der Waals surface area contributed by atoms with Gasteiger partial charge in [-0.15, -0.1) is 0 Å². The van der Waals surface area contributed by atoms with Crippen molar-refractivity contribution in [3.63, 3.8) is 0 Å². The Morgan fingerprint density at radius 2 is 2.05 bits per heavy atom. The van der Waals surface area contributed by atoms with Crippen LogP contribution in [0.2, 0.25) is 0 Å². The number of ether oxygens (including phenoxy) is 1. The molecule has 0 aliphatic rings. The van der Waals surface area contributed by atoms with E-state index in [1.54, 1.807) is 18.2 Å². The van der Waals surface area contributed by atoms with E-state index in [1.165, 1.54) is 7.11 Å². The van der Waals surface area contributed by atoms with E-state index in [0.29, 0.717) is 17.9 Å². The number of aliphatic hydroxyl groups excluding tert-OH is 1. The van der Waals surface area contributed by atoms with Crippen molar-refractivity contribution >= 4 is 0 Å². The van der Waals surface area contributed by atoms with Gasteiger partial charge in [-0.25, -0.2) is 0 Å². The molecule has 0 saturated heterocycles. The maximum absolute atomic E-state index is 12.5. The minimum Gasteiger partial charge on any atom is -0.496 e. The standard InChI is InChI=1S/C13H19F3N2O2/c1-20-12-3-2-10(7-17)6-11(12)8-18(4-5-19)9-13(14,15)16/h2-3,6,19H,4-5,7-9,17H2,1H3. The third-order valence-corrected chi connectivity index (χ3v) is 2.79. The second-order valence-electron chi connectivity index (χ2n) is 4.40. The second kappa shape index (κ2) is 7.47. The summed E-state index contributed by atoms with van der Waals surface area (Å²) < 4.78 is 42.6. The summed E-state index contributed by atoms with van der Waals surface area (Å²) in [6, 6.07) is 5.17. The molecule has 20 heavy (non-hydrogen) atoms. The Morgan fingerprint density at radius 3 is 2.55 bits per heavy atom. The highest BCUT2D eigenvalue weighted by molar-refractivity contribution is 5.37. The largest absolute Gasteiger partial charge is 0.496 e. The van der Waals surface area contributed by atoms with E-state index < -0.39 is 12.7 Å². The number of alkyl halides is 3. The second-order valence-corrected chi connectivity index (χ2v) is 4.40. The van der Waals surface area contributed by atoms with Crippen molar-refractivity contribution in [1.29, 1.82) is 0 Å². The lowest BCUT2D eigenvalue weighted by Gasteiger charge is -2.24. The quantitative estimate of drug-likeness (QED) is 0.800. The topological polar surface area (TPSA) is 58.7 Å². The predicted molar refractivity (Wildman–Crippen MR) is 69.3 cm³/mol. The zero-order chi connectivity index (χ0) is 15.2. The lowest BCUT2D eigenvalue weighted by Crippen LogP contribution is -2.35. The monoisotopic (exact) mass is 292 g/mol. The summed E-state index contributed by atoms with van der Waals surface area (Å²) in [5.41, 5.74) is 6.96. The number of aliphatic hydroxyl groups is 1. The molecule has 0 amide bonds. The Hall–Kier alpha value is -1.31. The van der Waals surface area contributed by atoms with Crippen molar-refractivity contribution in [2.75, 3.05) is 26.8 Å². The number of halogens is 3. The van der Waals surface area contributed by atoms with Gasteiger partial charge in [0.25, 0.3) is 0 Å². The first-order chi connectivity index (χ1) is 9.39. The summed E-state index contributed by atoms with van der Waals surface area (Å²) in [4.78, 5) is 1.12. The van der Waals surface area contributed by atoms with Crippen LogP contribution in [-0.4, -0.2) is 43.0 Å². The lowest BCUT2D eigenvalue weighted by molar-refractivity contribution is -0.148. The molecule has 3 N–H and O–H groups in total. The number of nitrogens with zero attached hydrogens (tertiary/aromatic N) is 1. The summed E-state index contributed by atoms with van der Waals surface area (Å²) >= 11 is 0. The summed E-state index contributed by atoms with van der Waals surface area (Å²) in [6.45, 7) is -1.14. The Kier molecular flexibility index (Phi) is 6.25. The van der Waals surface area contributed by atoms with Crippen LogP contribution in [0.3, 0.4) is 0 Å². The molecule has 4 nitrogen and oxygen atoms in total. The fourth-order valence-corrected chi connectivity index (χ4v) is 1.93. The highest BCUT2D eigenvalue weighted by atomic mass is 19.4. The molecule has 1 aromatic rings. The predicted octanol–water partition coefficient (Wildman–Crippen LogP) is 1.51. The van der Waals surface area contributed by atoms with Crippen LogP contribution in [0.1, 0.15) is 11.1 Å². The van der Waals surface area contributed by atoms with Crippen molar-refractivity contribution in [3.8, 4) is 5.75 Å². The van der Waals surface area contributed by atoms with Crippen LogP contribution in [0, 0.1) is 0 Å². The van der Waals surface area contributed by atoms with Crippen molar-refractivity contribution < 1.29 is 23.0 Å². The molecule has 0 heterocycles. The molecule has 0 fully saturated rings. The average Bonchev–Trinajstić information content (AvgIpc) is 2.37. The van der Waals surface area contributed by atoms with Crippen molar-refractivity contribution in [2.45, 2.75) is 19.3 Å². The normalized spacial score (nSPS) is 11.9. The first-order valence-electron chi connectivity index (χ1n) is 6.15. The molecule has 0 bridgehead atoms. The van der Waals surface area contributed by atoms with Gasteiger partial charge in [0.05, 0.1) is 20.3 Å². The zero-order valence-electron chi connectivity index (χ0n) is 11.3. The smallest absolute Gasteiger partial charge is 0.401 e. The van der Waals surface area contributed by atoms with E-state index in [0.717, 1.165) is 10.5 Å². The molecule has 0 unspecified atom stereocenters. The molecule has 114 valence electrons. The van der Waals surface area contributed by atoms with Gasteiger partial charge in [-0.3, -0.25) is 4.90 Å². The van der Waals surface area contributed by atoms with Crippen LogP contribution in [-0.2, 0) is 13.1 Å². The van der Waals surface area contributed by atoms with Gasteiger partial charge >= 0.3 is 6.18 Å². The van der Waals surface area contributed by atoms with Gasteiger partial charge in [0.15, 0.2) is 0 Å². The van der Waals surface area contributed by atoms with E-state index in [1.807, 2.05) is 0 Å². The van der Waals surface area contributed by atoms with E-state index in [4.69, 9.17) is 15.6 Å². The number of hydrogen-bond donors (Lipinski definition) is 2. The molecule has 7 heteroatoms. The zero-order valence-corrected chi connectivity index (χ0v) is 11.3. The molecule has 0 aliphatic carbocycles. The first kappa shape index (κ1) is 16.7. The molecule has 1 rings (SSSR count). The van der Waals surface area contributed by atoms with Crippen LogP contribution in [0.15, 0.2) is 18.2 Å². The minimum absolute atomic E-state index is 0.0388. The van der Waals surface area contributed by atoms with Crippen LogP contribution in [0.4, 0.5) is 13.2 Å². The summed E-state index contributed by atoms with van der Waals surface area (Å²) in [6.07, 6.45) is -4.31. The fourth-order valence-electron chi connectivity index (χ4n) is 1.93. The van der Waals surface area contributed by atoms with Gasteiger partial charge in [0, 0.05) is 25.2 Å². The molecular weight excluding hydrogens is 273 g/mol. The number of methoxy groups -OCH3 is 1. The summed E-state index contributed by atoms with van der Waals surface area (Å²) in [5.74, 6) is 0.507. The SMILES string of the molecule is COc1ccc(CN)cc1CN(CCO)CC(F)(F)F. The van der Waals surface area contributed by atoms with Crippen LogP contribution >= 0.6 is 0 Å². The third kappa shape index (κ3) is 5.36.